The van der Waals surface area contributed by atoms with Crippen LogP contribution in [0, 0.1) is 0 Å². The van der Waals surface area contributed by atoms with E-state index in [0.29, 0.717) is 25.1 Å². The highest BCUT2D eigenvalue weighted by Gasteiger charge is 2.36. The summed E-state index contributed by atoms with van der Waals surface area (Å²) in [6, 6.07) is 10.8. The molecule has 5 rings (SSSR count). The van der Waals surface area contributed by atoms with Crippen molar-refractivity contribution in [1.29, 1.82) is 0 Å². The first-order valence-corrected chi connectivity index (χ1v) is 10.9. The average molecular weight is 487 g/mol. The molecule has 1 saturated heterocycles. The Bertz CT molecular complexity index is 1370. The number of aliphatic carboxylic acids is 1. The summed E-state index contributed by atoms with van der Waals surface area (Å²) in [4.78, 5) is 15.3. The van der Waals surface area contributed by atoms with Gasteiger partial charge in [-0.2, -0.15) is 18.2 Å². The minimum absolute atomic E-state index is 0.00330. The molecule has 8 nitrogen and oxygen atoms in total. The number of halogens is 3. The maximum Gasteiger partial charge on any atom is 0.419 e. The van der Waals surface area contributed by atoms with E-state index in [1.165, 1.54) is 12.1 Å². The fraction of sp³-hybridized carbons (Fsp3) is 0.292. The molecule has 1 fully saturated rings. The molecule has 0 saturated carbocycles. The SMILES string of the molecule is O=C(O)CCn1ccc2c(-c3nc(-c4ccc(O[C@@H]5CCOC5)c(C(F)(F)F)c4)no3)cccc21. The fourth-order valence-corrected chi connectivity index (χ4v) is 4.05. The van der Waals surface area contributed by atoms with Crippen molar-refractivity contribution in [3.63, 3.8) is 0 Å². The Hall–Kier alpha value is -3.86. The number of alkyl halides is 3. The Morgan fingerprint density at radius 2 is 2.09 bits per heavy atom. The lowest BCUT2D eigenvalue weighted by atomic mass is 10.1. The van der Waals surface area contributed by atoms with E-state index in [2.05, 4.69) is 10.1 Å². The van der Waals surface area contributed by atoms with E-state index in [9.17, 15) is 18.0 Å². The lowest BCUT2D eigenvalue weighted by Gasteiger charge is -2.17. The number of ether oxygens (including phenoxy) is 2. The minimum atomic E-state index is -4.64. The molecule has 35 heavy (non-hydrogen) atoms. The van der Waals surface area contributed by atoms with Crippen molar-refractivity contribution in [2.45, 2.75) is 31.7 Å². The Labute approximate surface area is 196 Å². The second-order valence-corrected chi connectivity index (χ2v) is 8.13. The summed E-state index contributed by atoms with van der Waals surface area (Å²) in [5.41, 5.74) is 0.576. The van der Waals surface area contributed by atoms with E-state index in [1.807, 2.05) is 6.07 Å². The van der Waals surface area contributed by atoms with Gasteiger partial charge in [0.25, 0.3) is 5.89 Å². The highest BCUT2D eigenvalue weighted by molar-refractivity contribution is 5.93. The molecule has 0 spiro atoms. The van der Waals surface area contributed by atoms with E-state index in [0.717, 1.165) is 17.0 Å². The first-order chi connectivity index (χ1) is 16.8. The second kappa shape index (κ2) is 9.06. The number of aromatic nitrogens is 3. The zero-order valence-electron chi connectivity index (χ0n) is 18.3. The van der Waals surface area contributed by atoms with Gasteiger partial charge in [0, 0.05) is 41.2 Å². The molecular weight excluding hydrogens is 467 g/mol. The minimum Gasteiger partial charge on any atom is -0.487 e. The van der Waals surface area contributed by atoms with Gasteiger partial charge in [-0.3, -0.25) is 4.79 Å². The van der Waals surface area contributed by atoms with Crippen LogP contribution in [0.25, 0.3) is 33.7 Å². The number of carboxylic acid groups (broad SMARTS) is 1. The Kier molecular flexibility index (Phi) is 5.93. The van der Waals surface area contributed by atoms with Gasteiger partial charge in [0.1, 0.15) is 11.9 Å². The van der Waals surface area contributed by atoms with Crippen molar-refractivity contribution in [3.05, 3.63) is 54.2 Å². The molecule has 2 aromatic heterocycles. The van der Waals surface area contributed by atoms with E-state index >= 15 is 0 Å². The van der Waals surface area contributed by atoms with Crippen LogP contribution in [0.3, 0.4) is 0 Å². The van der Waals surface area contributed by atoms with Crippen molar-refractivity contribution in [1.82, 2.24) is 14.7 Å². The molecule has 182 valence electrons. The third-order valence-electron chi connectivity index (χ3n) is 5.76. The molecule has 1 atom stereocenters. The van der Waals surface area contributed by atoms with Crippen molar-refractivity contribution >= 4 is 16.9 Å². The van der Waals surface area contributed by atoms with Crippen molar-refractivity contribution in [3.8, 4) is 28.6 Å². The molecule has 0 radical (unpaired) electrons. The van der Waals surface area contributed by atoms with Gasteiger partial charge in [-0.25, -0.2) is 0 Å². The number of aryl methyl sites for hydroxylation is 1. The molecule has 0 unspecified atom stereocenters. The van der Waals surface area contributed by atoms with Crippen LogP contribution >= 0.6 is 0 Å². The maximum atomic E-state index is 13.8. The normalized spacial score (nSPS) is 16.1. The van der Waals surface area contributed by atoms with Crippen LogP contribution in [-0.4, -0.2) is 45.1 Å². The zero-order valence-corrected chi connectivity index (χ0v) is 18.3. The lowest BCUT2D eigenvalue weighted by Crippen LogP contribution is -2.18. The van der Waals surface area contributed by atoms with Gasteiger partial charge in [-0.05, 0) is 36.4 Å². The lowest BCUT2D eigenvalue weighted by molar-refractivity contribution is -0.139. The summed E-state index contributed by atoms with van der Waals surface area (Å²) in [6.07, 6.45) is -2.81. The Morgan fingerprint density at radius 1 is 1.23 bits per heavy atom. The molecule has 1 aliphatic heterocycles. The molecule has 0 bridgehead atoms. The van der Waals surface area contributed by atoms with Gasteiger partial charge in [0.2, 0.25) is 5.82 Å². The molecule has 1 N–H and O–H groups in total. The van der Waals surface area contributed by atoms with Crippen LogP contribution in [0.15, 0.2) is 53.2 Å². The van der Waals surface area contributed by atoms with Gasteiger partial charge in [0.05, 0.1) is 25.2 Å². The van der Waals surface area contributed by atoms with Gasteiger partial charge < -0.3 is 23.7 Å². The van der Waals surface area contributed by atoms with E-state index in [-0.39, 0.29) is 36.1 Å². The first kappa shape index (κ1) is 22.9. The summed E-state index contributed by atoms with van der Waals surface area (Å²) in [6.45, 7) is 0.987. The average Bonchev–Trinajstić information content (AvgIpc) is 3.58. The van der Waals surface area contributed by atoms with Crippen molar-refractivity contribution < 1.29 is 37.1 Å². The number of rotatable bonds is 7. The Morgan fingerprint density at radius 3 is 2.83 bits per heavy atom. The third kappa shape index (κ3) is 4.72. The van der Waals surface area contributed by atoms with Crippen LogP contribution in [0.1, 0.15) is 18.4 Å². The maximum absolute atomic E-state index is 13.8. The van der Waals surface area contributed by atoms with Crippen molar-refractivity contribution in [2.75, 3.05) is 13.2 Å². The second-order valence-electron chi connectivity index (χ2n) is 8.13. The van der Waals surface area contributed by atoms with Crippen LogP contribution < -0.4 is 4.74 Å². The van der Waals surface area contributed by atoms with E-state index in [1.54, 1.807) is 29.0 Å². The quantitative estimate of drug-likeness (QED) is 0.391. The smallest absolute Gasteiger partial charge is 0.419 e. The van der Waals surface area contributed by atoms with Crippen LogP contribution in [0.2, 0.25) is 0 Å². The largest absolute Gasteiger partial charge is 0.487 e. The van der Waals surface area contributed by atoms with Gasteiger partial charge in [-0.15, -0.1) is 0 Å². The predicted octanol–water partition coefficient (Wildman–Crippen LogP) is 5.02. The number of hydrogen-bond donors (Lipinski definition) is 1. The monoisotopic (exact) mass is 487 g/mol. The van der Waals surface area contributed by atoms with Crippen molar-refractivity contribution in [2.24, 2.45) is 0 Å². The highest BCUT2D eigenvalue weighted by Crippen LogP contribution is 2.39. The van der Waals surface area contributed by atoms with Crippen LogP contribution in [-0.2, 0) is 22.3 Å². The molecule has 0 amide bonds. The van der Waals surface area contributed by atoms with Crippen LogP contribution in [0.4, 0.5) is 13.2 Å². The predicted molar refractivity (Wildman–Crippen MR) is 118 cm³/mol. The molecule has 3 heterocycles. The summed E-state index contributed by atoms with van der Waals surface area (Å²) in [5.74, 6) is -1.04. The van der Waals surface area contributed by atoms with E-state index in [4.69, 9.17) is 19.1 Å². The van der Waals surface area contributed by atoms with Gasteiger partial charge in [0.15, 0.2) is 0 Å². The Balaban J connectivity index is 1.46. The zero-order chi connectivity index (χ0) is 24.6. The summed E-state index contributed by atoms with van der Waals surface area (Å²) < 4.78 is 59.2. The number of nitrogens with zero attached hydrogens (tertiary/aromatic N) is 3. The molecule has 1 aliphatic rings. The van der Waals surface area contributed by atoms with E-state index < -0.39 is 23.8 Å². The number of fused-ring (bicyclic) bond motifs is 1. The van der Waals surface area contributed by atoms with Gasteiger partial charge >= 0.3 is 12.1 Å². The third-order valence-corrected chi connectivity index (χ3v) is 5.76. The topological polar surface area (TPSA) is 99.6 Å². The first-order valence-electron chi connectivity index (χ1n) is 10.9. The summed E-state index contributed by atoms with van der Waals surface area (Å²) >= 11 is 0. The molecule has 11 heteroatoms. The highest BCUT2D eigenvalue weighted by atomic mass is 19.4. The summed E-state index contributed by atoms with van der Waals surface area (Å²) in [5, 5.41) is 13.6. The number of carboxylic acids is 1. The standard InChI is InChI=1S/C24H20F3N3O5/c25-24(26,27)18-12-14(4-5-20(18)34-15-8-11-33-13-15)22-28-23(35-29-22)17-2-1-3-19-16(17)6-9-30(19)10-7-21(31)32/h1-6,9,12,15H,7-8,10-11,13H2,(H,31,32)/t15-/m1/s1. The number of carbonyl (C=O) groups is 1. The molecule has 0 aliphatic carbocycles. The molecule has 4 aromatic rings. The van der Waals surface area contributed by atoms with Crippen LogP contribution in [0.5, 0.6) is 5.75 Å². The fourth-order valence-electron chi connectivity index (χ4n) is 4.05. The number of benzene rings is 2. The number of hydrogen-bond acceptors (Lipinski definition) is 6. The van der Waals surface area contributed by atoms with Gasteiger partial charge in [-0.1, -0.05) is 11.2 Å². The summed E-state index contributed by atoms with van der Waals surface area (Å²) in [7, 11) is 0. The molecule has 2 aromatic carbocycles. The molecular formula is C24H20F3N3O5.